The van der Waals surface area contributed by atoms with Crippen molar-refractivity contribution in [3.05, 3.63) is 71.3 Å². The van der Waals surface area contributed by atoms with Crippen LogP contribution < -0.4 is 5.73 Å². The van der Waals surface area contributed by atoms with E-state index in [1.165, 1.54) is 16.7 Å². The molecule has 2 nitrogen and oxygen atoms in total. The van der Waals surface area contributed by atoms with E-state index in [9.17, 15) is 0 Å². The van der Waals surface area contributed by atoms with E-state index in [1.54, 1.807) is 7.11 Å². The Balaban J connectivity index is 1.89. The first-order valence-electron chi connectivity index (χ1n) is 6.64. The minimum Gasteiger partial charge on any atom is -0.380 e. The Kier molecular flexibility index (Phi) is 5.13. The number of rotatable bonds is 6. The molecule has 100 valence electrons. The van der Waals surface area contributed by atoms with Crippen molar-refractivity contribution in [1.82, 2.24) is 0 Å². The molecule has 2 heteroatoms. The molecule has 0 saturated heterocycles. The molecule has 2 aromatic carbocycles. The monoisotopic (exact) mass is 255 g/mol. The van der Waals surface area contributed by atoms with Gasteiger partial charge in [-0.3, -0.25) is 0 Å². The molecule has 0 bridgehead atoms. The van der Waals surface area contributed by atoms with Gasteiger partial charge in [-0.1, -0.05) is 54.6 Å². The van der Waals surface area contributed by atoms with E-state index >= 15 is 0 Å². The van der Waals surface area contributed by atoms with Gasteiger partial charge in [-0.15, -0.1) is 0 Å². The summed E-state index contributed by atoms with van der Waals surface area (Å²) in [7, 11) is 1.71. The summed E-state index contributed by atoms with van der Waals surface area (Å²) >= 11 is 0. The van der Waals surface area contributed by atoms with E-state index in [2.05, 4.69) is 48.5 Å². The van der Waals surface area contributed by atoms with Gasteiger partial charge in [0.1, 0.15) is 0 Å². The molecule has 1 atom stereocenters. The molecule has 0 saturated carbocycles. The third-order valence-electron chi connectivity index (χ3n) is 3.17. The van der Waals surface area contributed by atoms with Crippen LogP contribution in [0.3, 0.4) is 0 Å². The van der Waals surface area contributed by atoms with E-state index in [-0.39, 0.29) is 6.04 Å². The van der Waals surface area contributed by atoms with Crippen molar-refractivity contribution < 1.29 is 4.74 Å². The number of nitrogens with two attached hydrogens (primary N) is 1. The van der Waals surface area contributed by atoms with Gasteiger partial charge < -0.3 is 10.5 Å². The Hall–Kier alpha value is -1.64. The number of benzene rings is 2. The van der Waals surface area contributed by atoms with Crippen molar-refractivity contribution in [2.45, 2.75) is 25.5 Å². The van der Waals surface area contributed by atoms with Crippen LogP contribution >= 0.6 is 0 Å². The standard InChI is InChI=1S/C17H21NO/c1-19-13-16-9-7-15(8-10-16)12-17(18)11-14-5-3-2-4-6-14/h2-10,17H,11-13,18H2,1H3. The lowest BCUT2D eigenvalue weighted by molar-refractivity contribution is 0.185. The minimum atomic E-state index is 0.163. The van der Waals surface area contributed by atoms with E-state index in [1.807, 2.05) is 6.07 Å². The fourth-order valence-electron chi connectivity index (χ4n) is 2.23. The van der Waals surface area contributed by atoms with Gasteiger partial charge in [0.25, 0.3) is 0 Å². The normalized spacial score (nSPS) is 12.3. The van der Waals surface area contributed by atoms with Crippen molar-refractivity contribution in [2.75, 3.05) is 7.11 Å². The summed E-state index contributed by atoms with van der Waals surface area (Å²) in [5.41, 5.74) is 9.98. The van der Waals surface area contributed by atoms with Crippen LogP contribution in [-0.2, 0) is 24.2 Å². The molecule has 0 radical (unpaired) electrons. The number of methoxy groups -OCH3 is 1. The maximum atomic E-state index is 6.21. The van der Waals surface area contributed by atoms with Gasteiger partial charge in [-0.05, 0) is 29.5 Å². The zero-order valence-electron chi connectivity index (χ0n) is 11.4. The molecular formula is C17H21NO. The maximum Gasteiger partial charge on any atom is 0.0713 e. The van der Waals surface area contributed by atoms with Crippen LogP contribution in [0.2, 0.25) is 0 Å². The number of hydrogen-bond donors (Lipinski definition) is 1. The molecule has 0 aromatic heterocycles. The minimum absolute atomic E-state index is 0.163. The fourth-order valence-corrected chi connectivity index (χ4v) is 2.23. The first kappa shape index (κ1) is 13.8. The second-order valence-corrected chi connectivity index (χ2v) is 4.90. The Bertz CT molecular complexity index is 478. The molecular weight excluding hydrogens is 234 g/mol. The van der Waals surface area contributed by atoms with Crippen molar-refractivity contribution in [3.8, 4) is 0 Å². The maximum absolute atomic E-state index is 6.21. The van der Waals surface area contributed by atoms with Gasteiger partial charge in [-0.2, -0.15) is 0 Å². The van der Waals surface area contributed by atoms with Crippen LogP contribution in [-0.4, -0.2) is 13.2 Å². The van der Waals surface area contributed by atoms with Gasteiger partial charge in [0.15, 0.2) is 0 Å². The van der Waals surface area contributed by atoms with Crippen LogP contribution in [0.5, 0.6) is 0 Å². The SMILES string of the molecule is COCc1ccc(CC(N)Cc2ccccc2)cc1. The van der Waals surface area contributed by atoms with Gasteiger partial charge in [0.05, 0.1) is 6.61 Å². The van der Waals surface area contributed by atoms with Gasteiger partial charge in [-0.25, -0.2) is 0 Å². The highest BCUT2D eigenvalue weighted by Crippen LogP contribution is 2.10. The van der Waals surface area contributed by atoms with E-state index in [4.69, 9.17) is 10.5 Å². The van der Waals surface area contributed by atoms with Crippen LogP contribution in [0.1, 0.15) is 16.7 Å². The summed E-state index contributed by atoms with van der Waals surface area (Å²) < 4.78 is 5.10. The van der Waals surface area contributed by atoms with Gasteiger partial charge >= 0.3 is 0 Å². The van der Waals surface area contributed by atoms with Gasteiger partial charge in [0.2, 0.25) is 0 Å². The molecule has 2 N–H and O–H groups in total. The molecule has 0 spiro atoms. The predicted octanol–water partition coefficient (Wildman–Crippen LogP) is 2.95. The average molecular weight is 255 g/mol. The topological polar surface area (TPSA) is 35.2 Å². The molecule has 0 aliphatic rings. The molecule has 0 fully saturated rings. The number of hydrogen-bond acceptors (Lipinski definition) is 2. The Labute approximate surface area is 115 Å². The lowest BCUT2D eigenvalue weighted by atomic mass is 9.99. The molecule has 2 aromatic rings. The third-order valence-corrected chi connectivity index (χ3v) is 3.17. The number of ether oxygens (including phenoxy) is 1. The Morgan fingerprint density at radius 3 is 1.95 bits per heavy atom. The molecule has 2 rings (SSSR count). The van der Waals surface area contributed by atoms with E-state index in [0.29, 0.717) is 6.61 Å². The zero-order chi connectivity index (χ0) is 13.5. The molecule has 0 aliphatic heterocycles. The van der Waals surface area contributed by atoms with Crippen molar-refractivity contribution in [2.24, 2.45) is 5.73 Å². The first-order chi connectivity index (χ1) is 9.28. The van der Waals surface area contributed by atoms with E-state index in [0.717, 1.165) is 12.8 Å². The summed E-state index contributed by atoms with van der Waals surface area (Å²) in [6.07, 6.45) is 1.82. The Morgan fingerprint density at radius 1 is 0.842 bits per heavy atom. The van der Waals surface area contributed by atoms with E-state index < -0.39 is 0 Å². The van der Waals surface area contributed by atoms with Crippen LogP contribution in [0.25, 0.3) is 0 Å². The zero-order valence-corrected chi connectivity index (χ0v) is 11.4. The second kappa shape index (κ2) is 7.07. The van der Waals surface area contributed by atoms with Gasteiger partial charge in [0, 0.05) is 13.2 Å². The van der Waals surface area contributed by atoms with Crippen molar-refractivity contribution in [3.63, 3.8) is 0 Å². The largest absolute Gasteiger partial charge is 0.380 e. The molecule has 0 aliphatic carbocycles. The highest BCUT2D eigenvalue weighted by Gasteiger charge is 2.05. The summed E-state index contributed by atoms with van der Waals surface area (Å²) in [6, 6.07) is 19.0. The Morgan fingerprint density at radius 2 is 1.37 bits per heavy atom. The summed E-state index contributed by atoms with van der Waals surface area (Å²) in [5, 5.41) is 0. The fraction of sp³-hybridized carbons (Fsp3) is 0.294. The molecule has 0 heterocycles. The third kappa shape index (κ3) is 4.51. The smallest absolute Gasteiger partial charge is 0.0713 e. The summed E-state index contributed by atoms with van der Waals surface area (Å²) in [4.78, 5) is 0. The first-order valence-corrected chi connectivity index (χ1v) is 6.64. The highest BCUT2D eigenvalue weighted by molar-refractivity contribution is 5.23. The average Bonchev–Trinajstić information content (AvgIpc) is 2.42. The van der Waals surface area contributed by atoms with Crippen LogP contribution in [0.4, 0.5) is 0 Å². The van der Waals surface area contributed by atoms with Crippen LogP contribution in [0, 0.1) is 0 Å². The summed E-state index contributed by atoms with van der Waals surface area (Å²) in [6.45, 7) is 0.663. The lowest BCUT2D eigenvalue weighted by Gasteiger charge is -2.12. The lowest BCUT2D eigenvalue weighted by Crippen LogP contribution is -2.25. The molecule has 0 amide bonds. The van der Waals surface area contributed by atoms with Crippen LogP contribution in [0.15, 0.2) is 54.6 Å². The predicted molar refractivity (Wildman–Crippen MR) is 79.0 cm³/mol. The summed E-state index contributed by atoms with van der Waals surface area (Å²) in [5.74, 6) is 0. The quantitative estimate of drug-likeness (QED) is 0.861. The highest BCUT2D eigenvalue weighted by atomic mass is 16.5. The second-order valence-electron chi connectivity index (χ2n) is 4.90. The van der Waals surface area contributed by atoms with Crippen molar-refractivity contribution in [1.29, 1.82) is 0 Å². The molecule has 19 heavy (non-hydrogen) atoms. The van der Waals surface area contributed by atoms with Crippen molar-refractivity contribution >= 4 is 0 Å². The molecule has 1 unspecified atom stereocenters.